The van der Waals surface area contributed by atoms with Gasteiger partial charge in [0, 0.05) is 31.7 Å². The second-order valence-corrected chi connectivity index (χ2v) is 7.40. The fourth-order valence-corrected chi connectivity index (χ4v) is 3.98. The zero-order chi connectivity index (χ0) is 17.4. The number of hydrogen-bond donors (Lipinski definition) is 0. The molecule has 1 amide bonds. The Morgan fingerprint density at radius 3 is 2.56 bits per heavy atom. The Morgan fingerprint density at radius 1 is 1.16 bits per heavy atom. The number of carbonyl (C=O) groups is 1. The molecule has 2 heterocycles. The van der Waals surface area contributed by atoms with Crippen LogP contribution in [0.4, 0.5) is 0 Å². The largest absolute Gasteiger partial charge is 0.466 e. The van der Waals surface area contributed by atoms with Crippen molar-refractivity contribution in [1.29, 1.82) is 0 Å². The van der Waals surface area contributed by atoms with E-state index in [1.165, 1.54) is 18.4 Å². The molecule has 1 aliphatic heterocycles. The quantitative estimate of drug-likeness (QED) is 0.857. The van der Waals surface area contributed by atoms with E-state index in [0.717, 1.165) is 49.2 Å². The van der Waals surface area contributed by atoms with Gasteiger partial charge in [-0.2, -0.15) is 0 Å². The summed E-state index contributed by atoms with van der Waals surface area (Å²) < 4.78 is 5.59. The molecule has 1 saturated heterocycles. The fraction of sp³-hybridized carbons (Fsp3) is 0.476. The van der Waals surface area contributed by atoms with Crippen LogP contribution in [0.25, 0.3) is 0 Å². The number of rotatable bonds is 4. The SMILES string of the molecule is Cc1cc(C(=O)N2CCN(C3CC3)CC2Cc2ccccc2)c(C)o1. The Balaban J connectivity index is 1.57. The van der Waals surface area contributed by atoms with Crippen LogP contribution in [0.2, 0.25) is 0 Å². The topological polar surface area (TPSA) is 36.7 Å². The van der Waals surface area contributed by atoms with Gasteiger partial charge < -0.3 is 9.32 Å². The van der Waals surface area contributed by atoms with Crippen molar-refractivity contribution in [2.45, 2.75) is 45.2 Å². The summed E-state index contributed by atoms with van der Waals surface area (Å²) in [5.41, 5.74) is 2.01. The third kappa shape index (κ3) is 3.49. The summed E-state index contributed by atoms with van der Waals surface area (Å²) in [6, 6.07) is 13.4. The Morgan fingerprint density at radius 2 is 1.92 bits per heavy atom. The van der Waals surface area contributed by atoms with E-state index in [2.05, 4.69) is 34.1 Å². The molecule has 1 aromatic heterocycles. The Kier molecular flexibility index (Phi) is 4.38. The summed E-state index contributed by atoms with van der Waals surface area (Å²) in [7, 11) is 0. The van der Waals surface area contributed by atoms with Crippen LogP contribution in [0.3, 0.4) is 0 Å². The van der Waals surface area contributed by atoms with Gasteiger partial charge in [-0.1, -0.05) is 30.3 Å². The molecule has 0 N–H and O–H groups in total. The minimum atomic E-state index is 0.116. The van der Waals surface area contributed by atoms with E-state index in [0.29, 0.717) is 0 Å². The number of carbonyl (C=O) groups excluding carboxylic acids is 1. The molecule has 2 aliphatic rings. The Labute approximate surface area is 149 Å². The number of furan rings is 1. The van der Waals surface area contributed by atoms with Gasteiger partial charge in [0.15, 0.2) is 0 Å². The van der Waals surface area contributed by atoms with E-state index in [4.69, 9.17) is 4.42 Å². The predicted molar refractivity (Wildman–Crippen MR) is 97.7 cm³/mol. The van der Waals surface area contributed by atoms with Crippen LogP contribution in [-0.4, -0.2) is 47.4 Å². The first-order valence-electron chi connectivity index (χ1n) is 9.28. The highest BCUT2D eigenvalue weighted by atomic mass is 16.3. The molecule has 2 aromatic rings. The van der Waals surface area contributed by atoms with E-state index in [1.807, 2.05) is 26.0 Å². The van der Waals surface area contributed by atoms with Crippen LogP contribution in [0.1, 0.15) is 40.3 Å². The van der Waals surface area contributed by atoms with E-state index in [9.17, 15) is 4.79 Å². The maximum atomic E-state index is 13.2. The molecule has 0 radical (unpaired) electrons. The first kappa shape index (κ1) is 16.4. The smallest absolute Gasteiger partial charge is 0.257 e. The van der Waals surface area contributed by atoms with Crippen molar-refractivity contribution in [3.05, 3.63) is 59.0 Å². The molecule has 1 saturated carbocycles. The maximum Gasteiger partial charge on any atom is 0.257 e. The third-order valence-electron chi connectivity index (χ3n) is 5.42. The van der Waals surface area contributed by atoms with Crippen molar-refractivity contribution in [3.63, 3.8) is 0 Å². The van der Waals surface area contributed by atoms with Crippen LogP contribution >= 0.6 is 0 Å². The first-order valence-corrected chi connectivity index (χ1v) is 9.28. The lowest BCUT2D eigenvalue weighted by atomic mass is 10.0. The molecule has 4 rings (SSSR count). The lowest BCUT2D eigenvalue weighted by molar-refractivity contribution is 0.0435. The van der Waals surface area contributed by atoms with Crippen molar-refractivity contribution in [2.24, 2.45) is 0 Å². The van der Waals surface area contributed by atoms with Gasteiger partial charge in [0.2, 0.25) is 0 Å². The van der Waals surface area contributed by atoms with Gasteiger partial charge in [0.1, 0.15) is 11.5 Å². The highest BCUT2D eigenvalue weighted by Crippen LogP contribution is 2.30. The van der Waals surface area contributed by atoms with Crippen LogP contribution in [0.5, 0.6) is 0 Å². The average molecular weight is 338 g/mol. The molecule has 1 aliphatic carbocycles. The monoisotopic (exact) mass is 338 g/mol. The number of nitrogens with zero attached hydrogens (tertiary/aromatic N) is 2. The van der Waals surface area contributed by atoms with E-state index < -0.39 is 0 Å². The van der Waals surface area contributed by atoms with Gasteiger partial charge in [-0.15, -0.1) is 0 Å². The zero-order valence-electron chi connectivity index (χ0n) is 15.1. The summed E-state index contributed by atoms with van der Waals surface area (Å²) in [6.07, 6.45) is 3.53. The minimum absolute atomic E-state index is 0.116. The number of piperazine rings is 1. The molecule has 1 unspecified atom stereocenters. The van der Waals surface area contributed by atoms with Gasteiger partial charge in [0.05, 0.1) is 5.56 Å². The van der Waals surface area contributed by atoms with Crippen molar-refractivity contribution >= 4 is 5.91 Å². The molecule has 0 bridgehead atoms. The van der Waals surface area contributed by atoms with Crippen molar-refractivity contribution in [1.82, 2.24) is 9.80 Å². The summed E-state index contributed by atoms with van der Waals surface area (Å²) in [5, 5.41) is 0. The lowest BCUT2D eigenvalue weighted by Gasteiger charge is -2.42. The average Bonchev–Trinajstić information content (AvgIpc) is 3.40. The minimum Gasteiger partial charge on any atom is -0.466 e. The summed E-state index contributed by atoms with van der Waals surface area (Å²) >= 11 is 0. The molecule has 1 aromatic carbocycles. The van der Waals surface area contributed by atoms with Crippen molar-refractivity contribution in [3.8, 4) is 0 Å². The standard InChI is InChI=1S/C21H26N2O2/c1-15-12-20(16(2)25-15)21(24)23-11-10-22(18-8-9-18)14-19(23)13-17-6-4-3-5-7-17/h3-7,12,18-19H,8-11,13-14H2,1-2H3. The number of aryl methyl sites for hydroxylation is 2. The number of hydrogen-bond acceptors (Lipinski definition) is 3. The van der Waals surface area contributed by atoms with Crippen LogP contribution in [0, 0.1) is 13.8 Å². The third-order valence-corrected chi connectivity index (χ3v) is 5.42. The van der Waals surface area contributed by atoms with Crippen LogP contribution < -0.4 is 0 Å². The van der Waals surface area contributed by atoms with Crippen LogP contribution in [-0.2, 0) is 6.42 Å². The van der Waals surface area contributed by atoms with Gasteiger partial charge >= 0.3 is 0 Å². The fourth-order valence-electron chi connectivity index (χ4n) is 3.98. The molecule has 4 nitrogen and oxygen atoms in total. The number of benzene rings is 1. The number of amides is 1. The summed E-state index contributed by atoms with van der Waals surface area (Å²) in [6.45, 7) is 6.54. The molecular formula is C21H26N2O2. The molecule has 2 fully saturated rings. The van der Waals surface area contributed by atoms with Gasteiger partial charge in [-0.25, -0.2) is 0 Å². The van der Waals surface area contributed by atoms with Gasteiger partial charge in [0.25, 0.3) is 5.91 Å². The molecule has 1 atom stereocenters. The Bertz CT molecular complexity index is 749. The van der Waals surface area contributed by atoms with Crippen LogP contribution in [0.15, 0.2) is 40.8 Å². The highest BCUT2D eigenvalue weighted by molar-refractivity contribution is 5.95. The molecular weight excluding hydrogens is 312 g/mol. The van der Waals surface area contributed by atoms with Gasteiger partial charge in [-0.05, 0) is 44.7 Å². The zero-order valence-corrected chi connectivity index (χ0v) is 15.1. The van der Waals surface area contributed by atoms with Crippen molar-refractivity contribution in [2.75, 3.05) is 19.6 Å². The van der Waals surface area contributed by atoms with E-state index in [-0.39, 0.29) is 11.9 Å². The Hall–Kier alpha value is -2.07. The predicted octanol–water partition coefficient (Wildman–Crippen LogP) is 3.43. The van der Waals surface area contributed by atoms with E-state index in [1.54, 1.807) is 0 Å². The molecule has 25 heavy (non-hydrogen) atoms. The first-order chi connectivity index (χ1) is 12.1. The highest BCUT2D eigenvalue weighted by Gasteiger charge is 2.38. The normalized spacial score (nSPS) is 21.5. The second-order valence-electron chi connectivity index (χ2n) is 7.40. The molecule has 4 heteroatoms. The second kappa shape index (κ2) is 6.68. The summed E-state index contributed by atoms with van der Waals surface area (Å²) in [4.78, 5) is 17.8. The van der Waals surface area contributed by atoms with Gasteiger partial charge in [-0.3, -0.25) is 9.69 Å². The lowest BCUT2D eigenvalue weighted by Crippen LogP contribution is -2.56. The summed E-state index contributed by atoms with van der Waals surface area (Å²) in [5.74, 6) is 1.65. The van der Waals surface area contributed by atoms with E-state index >= 15 is 0 Å². The molecule has 0 spiro atoms. The van der Waals surface area contributed by atoms with Crippen molar-refractivity contribution < 1.29 is 9.21 Å². The molecule has 132 valence electrons. The maximum absolute atomic E-state index is 13.2.